The number of primary amides is 1. The summed E-state index contributed by atoms with van der Waals surface area (Å²) in [7, 11) is 0. The fourth-order valence-electron chi connectivity index (χ4n) is 6.37. The normalized spacial score (nSPS) is 17.0. The van der Waals surface area contributed by atoms with E-state index in [9.17, 15) is 14.7 Å². The molecule has 1 atom stereocenters. The Labute approximate surface area is 228 Å². The van der Waals surface area contributed by atoms with E-state index in [1.807, 2.05) is 23.1 Å². The number of anilines is 1. The molecule has 1 aromatic heterocycles. The van der Waals surface area contributed by atoms with Gasteiger partial charge in [0.05, 0.1) is 17.6 Å². The minimum Gasteiger partial charge on any atom is -0.396 e. The van der Waals surface area contributed by atoms with Gasteiger partial charge in [-0.2, -0.15) is 0 Å². The Morgan fingerprint density at radius 3 is 2.62 bits per heavy atom. The summed E-state index contributed by atoms with van der Waals surface area (Å²) in [5.74, 6) is -0.235. The number of carbonyl (C=O) groups excluding carboxylic acids is 2. The van der Waals surface area contributed by atoms with Gasteiger partial charge in [-0.25, -0.2) is 0 Å². The number of nitrogens with zero attached hydrogens (tertiary/aromatic N) is 1. The van der Waals surface area contributed by atoms with Crippen LogP contribution in [0.5, 0.6) is 0 Å². The van der Waals surface area contributed by atoms with Crippen molar-refractivity contribution < 1.29 is 14.7 Å². The van der Waals surface area contributed by atoms with Gasteiger partial charge in [0.2, 0.25) is 0 Å². The van der Waals surface area contributed by atoms with E-state index in [1.165, 1.54) is 5.56 Å². The number of aryl methyl sites for hydroxylation is 1. The smallest absolute Gasteiger partial charge is 0.258 e. The second kappa shape index (κ2) is 9.09. The number of aromatic nitrogens is 1. The van der Waals surface area contributed by atoms with E-state index in [-0.39, 0.29) is 23.8 Å². The number of nitrogens with one attached hydrogen (secondary N) is 1. The van der Waals surface area contributed by atoms with Crippen molar-refractivity contribution in [1.82, 2.24) is 4.98 Å². The van der Waals surface area contributed by atoms with Gasteiger partial charge < -0.3 is 20.7 Å². The van der Waals surface area contributed by atoms with E-state index in [4.69, 9.17) is 5.73 Å². The number of aliphatic hydroxyl groups is 1. The number of H-pyrrole nitrogens is 1. The van der Waals surface area contributed by atoms with E-state index < -0.39 is 5.91 Å². The summed E-state index contributed by atoms with van der Waals surface area (Å²) in [6, 6.07) is 16.1. The van der Waals surface area contributed by atoms with Crippen LogP contribution in [0.15, 0.2) is 48.5 Å². The Bertz CT molecular complexity index is 1660. The lowest BCUT2D eigenvalue weighted by Crippen LogP contribution is -2.24. The van der Waals surface area contributed by atoms with Crippen LogP contribution >= 0.6 is 0 Å². The van der Waals surface area contributed by atoms with Gasteiger partial charge in [0.25, 0.3) is 11.8 Å². The molecule has 0 saturated carbocycles. The average molecular weight is 522 g/mol. The fourth-order valence-corrected chi connectivity index (χ4v) is 6.37. The first-order valence-electron chi connectivity index (χ1n) is 13.7. The molecule has 6 rings (SSSR count). The molecule has 200 valence electrons. The van der Waals surface area contributed by atoms with Crippen LogP contribution in [0, 0.1) is 12.8 Å². The van der Waals surface area contributed by atoms with Crippen molar-refractivity contribution in [3.63, 3.8) is 0 Å². The molecule has 1 aliphatic carbocycles. The highest BCUT2D eigenvalue weighted by Crippen LogP contribution is 2.42. The van der Waals surface area contributed by atoms with Crippen molar-refractivity contribution in [3.05, 3.63) is 87.6 Å². The Kier molecular flexibility index (Phi) is 5.92. The third kappa shape index (κ3) is 4.05. The van der Waals surface area contributed by atoms with Gasteiger partial charge in [0, 0.05) is 28.9 Å². The number of amides is 2. The van der Waals surface area contributed by atoms with E-state index in [0.29, 0.717) is 12.1 Å². The molecule has 0 fully saturated rings. The molecule has 0 radical (unpaired) electrons. The minimum absolute atomic E-state index is 0.0274. The van der Waals surface area contributed by atoms with E-state index >= 15 is 0 Å². The third-order valence-corrected chi connectivity index (χ3v) is 8.63. The van der Waals surface area contributed by atoms with Crippen molar-refractivity contribution in [2.75, 3.05) is 11.5 Å². The predicted octanol–water partition coefficient (Wildman–Crippen LogP) is 5.80. The van der Waals surface area contributed by atoms with Crippen molar-refractivity contribution in [1.29, 1.82) is 0 Å². The molecule has 0 bridgehead atoms. The molecule has 6 heteroatoms. The molecular weight excluding hydrogens is 486 g/mol. The Morgan fingerprint density at radius 2 is 1.90 bits per heavy atom. The molecule has 1 aliphatic heterocycles. The molecule has 2 heterocycles. The molecule has 6 nitrogen and oxygen atoms in total. The Morgan fingerprint density at radius 1 is 1.10 bits per heavy atom. The van der Waals surface area contributed by atoms with Gasteiger partial charge in [-0.15, -0.1) is 0 Å². The summed E-state index contributed by atoms with van der Waals surface area (Å²) in [5, 5.41) is 10.8. The number of nitrogens with two attached hydrogens (primary N) is 1. The summed E-state index contributed by atoms with van der Waals surface area (Å²) in [6.45, 7) is 9.24. The number of aliphatic hydroxyl groups excluding tert-OH is 1. The molecule has 2 aliphatic rings. The summed E-state index contributed by atoms with van der Waals surface area (Å²) in [5.41, 5.74) is 16.2. The van der Waals surface area contributed by atoms with Crippen LogP contribution in [0.4, 0.5) is 5.69 Å². The van der Waals surface area contributed by atoms with E-state index in [1.54, 1.807) is 6.07 Å². The van der Waals surface area contributed by atoms with Crippen LogP contribution in [0.2, 0.25) is 0 Å². The van der Waals surface area contributed by atoms with Crippen LogP contribution in [-0.2, 0) is 24.8 Å². The van der Waals surface area contributed by atoms with Gasteiger partial charge in [0.1, 0.15) is 0 Å². The summed E-state index contributed by atoms with van der Waals surface area (Å²) >= 11 is 0. The maximum atomic E-state index is 13.7. The average Bonchev–Trinajstić information content (AvgIpc) is 3.45. The predicted molar refractivity (Wildman–Crippen MR) is 155 cm³/mol. The molecule has 3 aromatic carbocycles. The molecule has 2 amide bonds. The topological polar surface area (TPSA) is 99.4 Å². The molecule has 4 aromatic rings. The number of benzene rings is 3. The van der Waals surface area contributed by atoms with Gasteiger partial charge in [-0.1, -0.05) is 51.1 Å². The second-order valence-electron chi connectivity index (χ2n) is 12.1. The first kappa shape index (κ1) is 25.4. The molecule has 4 N–H and O–H groups in total. The Balaban J connectivity index is 1.47. The van der Waals surface area contributed by atoms with E-state index in [0.717, 1.165) is 74.9 Å². The largest absolute Gasteiger partial charge is 0.396 e. The highest BCUT2D eigenvalue weighted by Gasteiger charge is 2.32. The quantitative estimate of drug-likeness (QED) is 0.317. The van der Waals surface area contributed by atoms with Crippen LogP contribution in [0.3, 0.4) is 0 Å². The first-order valence-corrected chi connectivity index (χ1v) is 13.7. The van der Waals surface area contributed by atoms with Crippen molar-refractivity contribution in [2.24, 2.45) is 11.7 Å². The first-order chi connectivity index (χ1) is 18.6. The number of carbonyl (C=O) groups is 2. The van der Waals surface area contributed by atoms with Crippen LogP contribution in [0.1, 0.15) is 75.9 Å². The highest BCUT2D eigenvalue weighted by molar-refractivity contribution is 6.13. The number of rotatable bonds is 4. The van der Waals surface area contributed by atoms with Crippen LogP contribution in [0.25, 0.3) is 22.0 Å². The SMILES string of the molecule is Cc1c(-c2ccc(C(N)=O)c3[nH]c4c(c23)CCC(CO)C4)cccc1N1Cc2ccc(C(C)(C)C)cc2C1=O. The molecule has 0 spiro atoms. The van der Waals surface area contributed by atoms with Gasteiger partial charge >= 0.3 is 0 Å². The van der Waals surface area contributed by atoms with Crippen molar-refractivity contribution in [2.45, 2.75) is 58.9 Å². The lowest BCUT2D eigenvalue weighted by atomic mass is 9.85. The standard InChI is InChI=1S/C33H35N3O3/c1-18-22(6-5-7-28(18)36-16-20-9-10-21(33(2,3)4)15-26(20)32(36)39)23-12-13-25(31(34)38)30-29(23)24-11-8-19(17-37)14-27(24)35-30/h5-7,9-10,12-13,15,19,35,37H,8,11,14,16-17H2,1-4H3,(H2,34,38). The summed E-state index contributed by atoms with van der Waals surface area (Å²) in [6.07, 6.45) is 2.46. The zero-order valence-electron chi connectivity index (χ0n) is 23.0. The van der Waals surface area contributed by atoms with Gasteiger partial charge in [-0.05, 0) is 89.1 Å². The number of hydrogen-bond acceptors (Lipinski definition) is 3. The van der Waals surface area contributed by atoms with Crippen LogP contribution < -0.4 is 10.6 Å². The monoisotopic (exact) mass is 521 g/mol. The lowest BCUT2D eigenvalue weighted by Gasteiger charge is -2.22. The fraction of sp³-hybridized carbons (Fsp3) is 0.333. The highest BCUT2D eigenvalue weighted by atomic mass is 16.3. The second-order valence-corrected chi connectivity index (χ2v) is 12.1. The van der Waals surface area contributed by atoms with Gasteiger partial charge in [-0.3, -0.25) is 9.59 Å². The maximum absolute atomic E-state index is 13.7. The molecule has 0 saturated heterocycles. The Hall–Kier alpha value is -3.90. The van der Waals surface area contributed by atoms with E-state index in [2.05, 4.69) is 56.9 Å². The third-order valence-electron chi connectivity index (χ3n) is 8.63. The zero-order valence-corrected chi connectivity index (χ0v) is 23.0. The lowest BCUT2D eigenvalue weighted by molar-refractivity contribution is 0.0990. The zero-order chi connectivity index (χ0) is 27.6. The summed E-state index contributed by atoms with van der Waals surface area (Å²) in [4.78, 5) is 31.4. The number of hydrogen-bond donors (Lipinski definition) is 3. The molecule has 39 heavy (non-hydrogen) atoms. The number of aromatic amines is 1. The minimum atomic E-state index is -0.468. The van der Waals surface area contributed by atoms with Gasteiger partial charge in [0.15, 0.2) is 0 Å². The molecule has 1 unspecified atom stereocenters. The van der Waals surface area contributed by atoms with Crippen molar-refractivity contribution >= 4 is 28.4 Å². The number of fused-ring (bicyclic) bond motifs is 4. The van der Waals surface area contributed by atoms with Crippen molar-refractivity contribution in [3.8, 4) is 11.1 Å². The van der Waals surface area contributed by atoms with Crippen LogP contribution in [-0.4, -0.2) is 28.5 Å². The summed E-state index contributed by atoms with van der Waals surface area (Å²) < 4.78 is 0. The maximum Gasteiger partial charge on any atom is 0.258 e. The molecular formula is C33H35N3O3.